The minimum Gasteiger partial charge on any atom is -0.350 e. The van der Waals surface area contributed by atoms with E-state index < -0.39 is 12.1 Å². The molecule has 1 rings (SSSR count). The fourth-order valence-electron chi connectivity index (χ4n) is 1.39. The zero-order valence-corrected chi connectivity index (χ0v) is 10.8. The summed E-state index contributed by atoms with van der Waals surface area (Å²) in [7, 11) is 0. The van der Waals surface area contributed by atoms with Gasteiger partial charge in [-0.05, 0) is 30.5 Å². The molecule has 0 saturated carbocycles. The molecule has 4 nitrogen and oxygen atoms in total. The van der Waals surface area contributed by atoms with E-state index >= 15 is 0 Å². The first-order chi connectivity index (χ1) is 8.41. The van der Waals surface area contributed by atoms with Crippen molar-refractivity contribution in [2.75, 3.05) is 0 Å². The highest BCUT2D eigenvalue weighted by Gasteiger charge is 2.11. The summed E-state index contributed by atoms with van der Waals surface area (Å²) >= 11 is 0. The van der Waals surface area contributed by atoms with Crippen molar-refractivity contribution in [1.82, 2.24) is 5.06 Å². The Kier molecular flexibility index (Phi) is 4.75. The first-order valence-electron chi connectivity index (χ1n) is 5.81. The van der Waals surface area contributed by atoms with Crippen molar-refractivity contribution in [3.8, 4) is 11.8 Å². The molecule has 0 fully saturated rings. The summed E-state index contributed by atoms with van der Waals surface area (Å²) in [6, 6.07) is 6.33. The van der Waals surface area contributed by atoms with Crippen molar-refractivity contribution in [1.29, 1.82) is 0 Å². The van der Waals surface area contributed by atoms with Crippen molar-refractivity contribution < 1.29 is 10.0 Å². The van der Waals surface area contributed by atoms with Gasteiger partial charge in [0.05, 0.1) is 0 Å². The fourth-order valence-corrected chi connectivity index (χ4v) is 1.39. The second kappa shape index (κ2) is 6.08. The van der Waals surface area contributed by atoms with Crippen molar-refractivity contribution >= 4 is 6.03 Å². The molecule has 0 heterocycles. The van der Waals surface area contributed by atoms with Gasteiger partial charge in [-0.15, -0.1) is 0 Å². The van der Waals surface area contributed by atoms with Gasteiger partial charge in [0.1, 0.15) is 6.04 Å². The summed E-state index contributed by atoms with van der Waals surface area (Å²) in [5.41, 5.74) is 7.01. The van der Waals surface area contributed by atoms with Crippen molar-refractivity contribution in [2.45, 2.75) is 32.7 Å². The molecule has 0 saturated heterocycles. The molecular formula is C14H18N2O2. The lowest BCUT2D eigenvalue weighted by Crippen LogP contribution is -2.38. The molecule has 0 bridgehead atoms. The Morgan fingerprint density at radius 2 is 1.83 bits per heavy atom. The molecule has 3 N–H and O–H groups in total. The lowest BCUT2D eigenvalue weighted by atomic mass is 10.0. The van der Waals surface area contributed by atoms with Crippen LogP contribution in [0.3, 0.4) is 0 Å². The van der Waals surface area contributed by atoms with E-state index in [-0.39, 0.29) is 0 Å². The quantitative estimate of drug-likeness (QED) is 0.478. The number of hydrogen-bond acceptors (Lipinski definition) is 2. The molecule has 0 aromatic heterocycles. The SMILES string of the molecule is CC(C)c1ccc(C#CC(C)N(O)C(N)=O)cc1. The molecule has 0 radical (unpaired) electrons. The highest BCUT2D eigenvalue weighted by atomic mass is 16.5. The van der Waals surface area contributed by atoms with E-state index in [0.717, 1.165) is 5.56 Å². The summed E-state index contributed by atoms with van der Waals surface area (Å²) < 4.78 is 0. The molecule has 4 heteroatoms. The molecule has 0 aliphatic heterocycles. The number of amides is 2. The van der Waals surface area contributed by atoms with E-state index in [1.165, 1.54) is 5.56 Å². The second-order valence-electron chi connectivity index (χ2n) is 4.40. The lowest BCUT2D eigenvalue weighted by molar-refractivity contribution is -0.0536. The van der Waals surface area contributed by atoms with Crippen LogP contribution < -0.4 is 5.73 Å². The van der Waals surface area contributed by atoms with E-state index in [9.17, 15) is 10.0 Å². The number of primary amides is 1. The normalized spacial score (nSPS) is 11.6. The number of carbonyl (C=O) groups is 1. The summed E-state index contributed by atoms with van der Waals surface area (Å²) in [6.45, 7) is 5.85. The van der Waals surface area contributed by atoms with Crippen LogP contribution in [0.4, 0.5) is 4.79 Å². The highest BCUT2D eigenvalue weighted by molar-refractivity contribution is 5.71. The van der Waals surface area contributed by atoms with Crippen LogP contribution in [0.5, 0.6) is 0 Å². The van der Waals surface area contributed by atoms with Crippen LogP contribution in [-0.4, -0.2) is 22.3 Å². The average molecular weight is 246 g/mol. The molecule has 2 amide bonds. The monoisotopic (exact) mass is 246 g/mol. The molecule has 18 heavy (non-hydrogen) atoms. The molecule has 0 aliphatic carbocycles. The van der Waals surface area contributed by atoms with E-state index in [2.05, 4.69) is 25.7 Å². The maximum atomic E-state index is 10.7. The van der Waals surface area contributed by atoms with Crippen molar-refractivity contribution in [2.24, 2.45) is 5.73 Å². The number of hydroxylamine groups is 2. The summed E-state index contributed by atoms with van der Waals surface area (Å²) in [5.74, 6) is 6.12. The van der Waals surface area contributed by atoms with Gasteiger partial charge in [-0.1, -0.05) is 37.8 Å². The second-order valence-corrected chi connectivity index (χ2v) is 4.40. The van der Waals surface area contributed by atoms with Gasteiger partial charge < -0.3 is 5.73 Å². The minimum absolute atomic E-state index is 0.412. The van der Waals surface area contributed by atoms with Crippen molar-refractivity contribution in [3.05, 3.63) is 35.4 Å². The summed E-state index contributed by atoms with van der Waals surface area (Å²) in [4.78, 5) is 10.7. The van der Waals surface area contributed by atoms with Gasteiger partial charge in [0.15, 0.2) is 0 Å². The van der Waals surface area contributed by atoms with Crippen LogP contribution in [0, 0.1) is 11.8 Å². The zero-order chi connectivity index (χ0) is 13.7. The predicted octanol–water partition coefficient (Wildman–Crippen LogP) is 2.32. The number of nitrogens with two attached hydrogens (primary N) is 1. The molecule has 1 aromatic rings. The smallest absolute Gasteiger partial charge is 0.339 e. The molecular weight excluding hydrogens is 228 g/mol. The van der Waals surface area contributed by atoms with E-state index in [0.29, 0.717) is 11.0 Å². The third-order valence-electron chi connectivity index (χ3n) is 2.60. The number of rotatable bonds is 2. The molecule has 0 aliphatic rings. The first-order valence-corrected chi connectivity index (χ1v) is 5.81. The Bertz CT molecular complexity index is 469. The van der Waals surface area contributed by atoms with Gasteiger partial charge in [0.2, 0.25) is 0 Å². The number of nitrogens with zero attached hydrogens (tertiary/aromatic N) is 1. The van der Waals surface area contributed by atoms with Crippen LogP contribution in [0.1, 0.15) is 37.8 Å². The Morgan fingerprint density at radius 3 is 2.28 bits per heavy atom. The number of carbonyl (C=O) groups excluding carboxylic acids is 1. The van der Waals surface area contributed by atoms with E-state index in [4.69, 9.17) is 5.73 Å². The Morgan fingerprint density at radius 1 is 1.28 bits per heavy atom. The fraction of sp³-hybridized carbons (Fsp3) is 0.357. The maximum Gasteiger partial charge on any atom is 0.339 e. The lowest BCUT2D eigenvalue weighted by Gasteiger charge is -2.14. The number of benzene rings is 1. The van der Waals surface area contributed by atoms with Gasteiger partial charge in [-0.25, -0.2) is 4.79 Å². The number of urea groups is 1. The molecule has 1 aromatic carbocycles. The van der Waals surface area contributed by atoms with Crippen LogP contribution >= 0.6 is 0 Å². The van der Waals surface area contributed by atoms with Gasteiger partial charge in [-0.3, -0.25) is 5.21 Å². The summed E-state index contributed by atoms with van der Waals surface area (Å²) in [5, 5.41) is 9.66. The first kappa shape index (κ1) is 14.1. The third kappa shape index (κ3) is 3.79. The molecule has 1 atom stereocenters. The van der Waals surface area contributed by atoms with Crippen molar-refractivity contribution in [3.63, 3.8) is 0 Å². The average Bonchev–Trinajstić information content (AvgIpc) is 2.35. The largest absolute Gasteiger partial charge is 0.350 e. The molecule has 0 spiro atoms. The van der Waals surface area contributed by atoms with E-state index in [1.54, 1.807) is 6.92 Å². The topological polar surface area (TPSA) is 66.6 Å². The van der Waals surface area contributed by atoms with Crippen LogP contribution in [0.25, 0.3) is 0 Å². The minimum atomic E-state index is -0.910. The Hall–Kier alpha value is -1.99. The summed E-state index contributed by atoms with van der Waals surface area (Å²) in [6.07, 6.45) is 0. The van der Waals surface area contributed by atoms with Gasteiger partial charge in [-0.2, -0.15) is 5.06 Å². The van der Waals surface area contributed by atoms with Gasteiger partial charge in [0.25, 0.3) is 0 Å². The van der Waals surface area contributed by atoms with Crippen LogP contribution in [-0.2, 0) is 0 Å². The predicted molar refractivity (Wildman–Crippen MR) is 70.1 cm³/mol. The molecule has 96 valence electrons. The van der Waals surface area contributed by atoms with Crippen LogP contribution in [0.2, 0.25) is 0 Å². The zero-order valence-electron chi connectivity index (χ0n) is 10.8. The Balaban J connectivity index is 2.76. The standard InChI is InChI=1S/C14H18N2O2/c1-10(2)13-8-6-12(7-9-13)5-4-11(3)16(18)14(15)17/h6-11,18H,1-3H3,(H2,15,17). The highest BCUT2D eigenvalue weighted by Crippen LogP contribution is 2.14. The Labute approximate surface area is 107 Å². The van der Waals surface area contributed by atoms with E-state index in [1.807, 2.05) is 24.3 Å². The molecule has 1 unspecified atom stereocenters. The number of hydrogen-bond donors (Lipinski definition) is 2. The van der Waals surface area contributed by atoms with Gasteiger partial charge >= 0.3 is 6.03 Å². The van der Waals surface area contributed by atoms with Gasteiger partial charge in [0, 0.05) is 5.56 Å². The maximum absolute atomic E-state index is 10.7. The van der Waals surface area contributed by atoms with Crippen LogP contribution in [0.15, 0.2) is 24.3 Å². The third-order valence-corrected chi connectivity index (χ3v) is 2.60.